The molecule has 0 radical (unpaired) electrons. The van der Waals surface area contributed by atoms with E-state index in [0.29, 0.717) is 80.8 Å². The quantitative estimate of drug-likeness (QED) is 0.0108. The number of aromatic nitrogens is 20. The average Bonchev–Trinajstić information content (AvgIpc) is 1.65. The monoisotopic (exact) mass is 1970 g/mol. The molecule has 50 heteroatoms. The Morgan fingerprint density at radius 3 is 1.25 bits per heavy atom. The molecule has 4 fully saturated rings. The van der Waals surface area contributed by atoms with Crippen LogP contribution < -0.4 is 52.1 Å². The fourth-order valence-electron chi connectivity index (χ4n) is 11.6. The summed E-state index contributed by atoms with van der Waals surface area (Å²) in [7, 11) is 0. The minimum atomic E-state index is -0.682. The third-order valence-corrected chi connectivity index (χ3v) is 19.3. The van der Waals surface area contributed by atoms with Crippen LogP contribution in [0.1, 0.15) is 114 Å². The number of fused-ring (bicyclic) bond motifs is 2. The molecule has 4 aliphatic rings. The number of benzene rings is 5. The van der Waals surface area contributed by atoms with E-state index in [4.69, 9.17) is 104 Å². The van der Waals surface area contributed by atoms with Crippen molar-refractivity contribution in [3.8, 4) is 11.4 Å². The summed E-state index contributed by atoms with van der Waals surface area (Å²) < 4.78 is 90.9. The molecule has 14 aromatic rings. The van der Waals surface area contributed by atoms with Gasteiger partial charge in [-0.05, 0) is 226 Å². The Bertz CT molecular complexity index is 5720. The van der Waals surface area contributed by atoms with Crippen LogP contribution in [0.3, 0.4) is 0 Å². The Balaban J connectivity index is 0.000000270. The van der Waals surface area contributed by atoms with E-state index in [1.165, 1.54) is 147 Å². The maximum absolute atomic E-state index is 13.2. The van der Waals surface area contributed by atoms with Gasteiger partial charge >= 0.3 is 40.9 Å². The van der Waals surface area contributed by atoms with Gasteiger partial charge in [0.05, 0.1) is 87.0 Å². The molecular weight excluding hydrogens is 1880 g/mol. The predicted molar refractivity (Wildman–Crippen MR) is 494 cm³/mol. The van der Waals surface area contributed by atoms with E-state index < -0.39 is 9.85 Å². The van der Waals surface area contributed by atoms with E-state index in [2.05, 4.69) is 112 Å². The minimum Gasteiger partial charge on any atom is -0.444 e. The molecule has 18 rings (SSSR count). The van der Waals surface area contributed by atoms with Crippen LogP contribution in [0, 0.1) is 59.4 Å². The van der Waals surface area contributed by atoms with Crippen molar-refractivity contribution in [2.24, 2.45) is 5.34 Å². The number of nitrogens with two attached hydrogens (primary N) is 3. The van der Waals surface area contributed by atoms with Gasteiger partial charge in [0.1, 0.15) is 47.2 Å². The van der Waals surface area contributed by atoms with Gasteiger partial charge in [0.25, 0.3) is 0 Å². The van der Waals surface area contributed by atoms with Gasteiger partial charge in [0.2, 0.25) is 32.2 Å². The molecule has 4 aliphatic heterocycles. The second-order valence-electron chi connectivity index (χ2n) is 27.3. The normalized spacial score (nSPS) is 12.8. The zero-order valence-corrected chi connectivity index (χ0v) is 78.1. The summed E-state index contributed by atoms with van der Waals surface area (Å²) >= 11 is 27.6. The van der Waals surface area contributed by atoms with Crippen LogP contribution in [0.4, 0.5) is 62.0 Å². The van der Waals surface area contributed by atoms with Crippen molar-refractivity contribution >= 4 is 133 Å². The number of nitrogen functional groups attached to an aromatic ring is 3. The molecule has 133 heavy (non-hydrogen) atoms. The molecule has 0 spiro atoms. The molecule has 13 heterocycles. The van der Waals surface area contributed by atoms with Gasteiger partial charge in [0.15, 0.2) is 22.3 Å². The molecule has 0 saturated carbocycles. The number of nitrogens with one attached hydrogen (secondary N) is 1. The first-order valence-electron chi connectivity index (χ1n) is 39.9. The fraction of sp³-hybridized carbons (Fsp3) is 0.325. The summed E-state index contributed by atoms with van der Waals surface area (Å²) in [4.78, 5) is 68.6. The predicted octanol–water partition coefficient (Wildman–Crippen LogP) is 15.0. The van der Waals surface area contributed by atoms with E-state index in [1.54, 1.807) is 59.7 Å². The van der Waals surface area contributed by atoms with Gasteiger partial charge in [0, 0.05) is 83.8 Å². The standard InChI is InChI=1S/C18H17FN8O.C11H7ClFN3O2.C11H9ClFN3.C10H5ClFN5.C8H13N3O.C6H6FN.C6H15N.C4HCl2N3O2.2C4H8O.CH4.ClH.HNO2.Na/c19-12-1-3-15(4-2-12)27-17-16(24-25-27)10-20-18(23-17)22-13-9-21-26(11-13)14-5-7-28-8-6-14;12-11-14-6-10(16(17)18)9(15-11)5-7-1-3-8(13)4-2-7;12-11-15-6-9(14)10(16-11)5-7-1-3-8(13)4-2-7;11-10-13-5-8-9(14-10)17(16-15-8)7-3-1-6(12)2-4-7;9-7-5-10-11(6-7)8-1-3-12-4-2-8;7-5-1-3-6(8)4-2-5;1-4-7(5-2)6-3;5-3-2(9(10)11)1-7-4(6)8-3;2*1-2-4-5-3-1;;;2-1-3;/h1-4,9-11,14H,5-8H2,(H,20,22,23);1-4,6H,5H2;1-4,6H,5,14H2;1-5H;5-6,8H,1-4,9H2;1-4H,8H2;4-6H2,1-3H3;1H;2*1-4H2;1H4;1H;(H,2,3);/q;;;;;;;;;;;;;+1/p-1. The summed E-state index contributed by atoms with van der Waals surface area (Å²) in [6, 6.07) is 30.2. The van der Waals surface area contributed by atoms with Crippen LogP contribution in [0.25, 0.3) is 33.7 Å². The zero-order chi connectivity index (χ0) is 93.7. The van der Waals surface area contributed by atoms with Gasteiger partial charge in [-0.1, -0.05) is 74.5 Å². The minimum absolute atomic E-state index is 0. The van der Waals surface area contributed by atoms with E-state index in [1.807, 2.05) is 21.8 Å². The van der Waals surface area contributed by atoms with Gasteiger partial charge in [-0.25, -0.2) is 56.8 Å². The first kappa shape index (κ1) is 112. The molecule has 7 N–H and O–H groups in total. The molecule has 0 atom stereocenters. The third-order valence-electron chi connectivity index (χ3n) is 18.3. The number of ether oxygens (including phenoxy) is 4. The van der Waals surface area contributed by atoms with E-state index in [-0.39, 0.29) is 128 Å². The summed E-state index contributed by atoms with van der Waals surface area (Å²) in [5, 5.41) is 57.5. The van der Waals surface area contributed by atoms with Crippen LogP contribution in [0.15, 0.2) is 182 Å². The van der Waals surface area contributed by atoms with Crippen LogP contribution in [0.5, 0.6) is 0 Å². The summed E-state index contributed by atoms with van der Waals surface area (Å²) in [5.74, 6) is -1.10. The topological polar surface area (TPSA) is 495 Å². The van der Waals surface area contributed by atoms with E-state index in [9.17, 15) is 42.2 Å². The van der Waals surface area contributed by atoms with Crippen LogP contribution in [-0.2, 0) is 31.8 Å². The number of halogens is 11. The molecule has 38 nitrogen and oxygen atoms in total. The van der Waals surface area contributed by atoms with Crippen LogP contribution >= 0.6 is 70.4 Å². The van der Waals surface area contributed by atoms with Crippen molar-refractivity contribution in [1.29, 1.82) is 0 Å². The van der Waals surface area contributed by atoms with Gasteiger partial charge < -0.3 is 56.5 Å². The molecule has 0 bridgehead atoms. The Hall–Kier alpha value is -11.7. The summed E-state index contributed by atoms with van der Waals surface area (Å²) in [5.41, 5.74) is 24.5. The number of hydrogen-bond donors (Lipinski definition) is 4. The smallest absolute Gasteiger partial charge is 0.444 e. The van der Waals surface area contributed by atoms with Crippen molar-refractivity contribution in [3.05, 3.63) is 285 Å². The zero-order valence-electron chi connectivity index (χ0n) is 71.5. The Kier molecular flexibility index (Phi) is 50.8. The van der Waals surface area contributed by atoms with E-state index >= 15 is 0 Å². The van der Waals surface area contributed by atoms with Crippen molar-refractivity contribution in [3.63, 3.8) is 0 Å². The molecular formula is C83H94Cl6F5N28NaO10. The molecule has 9 aromatic heterocycles. The number of anilines is 5. The first-order valence-corrected chi connectivity index (χ1v) is 41.8. The molecule has 5 aromatic carbocycles. The van der Waals surface area contributed by atoms with Crippen LogP contribution in [-0.4, -0.2) is 187 Å². The maximum Gasteiger partial charge on any atom is 1.00 e. The molecule has 4 saturated heterocycles. The van der Waals surface area contributed by atoms with Gasteiger partial charge in [-0.2, -0.15) is 34.5 Å². The SMILES string of the molecule is C.C1CCOC1.C1CCOC1.CCN(CC)CC.Cl.Fc1ccc(-n2nnc3cnc(Cl)nc32)cc1.Fc1ccc(-n2nnc3cnc(Nc4cnn(C5CCOCC5)c4)nc32)cc1.Nc1ccc(F)cc1.Nc1cnc(Cl)nc1Cc1ccc(F)cc1.Nc1cnn(C2CCOCC2)c1.O=N[O-].O=[N+]([O-])c1cnc(Cl)nc1Cc1ccc(F)cc1.O=[N+]([O-])c1cnc(Cl)nc1Cl.[Na+]. The van der Waals surface area contributed by atoms with E-state index in [0.717, 1.165) is 113 Å². The largest absolute Gasteiger partial charge is 1.00 e. The first-order chi connectivity index (χ1) is 62.7. The number of rotatable bonds is 15. The average molecular weight is 1970 g/mol. The van der Waals surface area contributed by atoms with Gasteiger partial charge in [-0.15, -0.1) is 27.9 Å². The van der Waals surface area contributed by atoms with Gasteiger partial charge in [-0.3, -0.25) is 29.6 Å². The molecule has 0 unspecified atom stereocenters. The molecule has 0 amide bonds. The van der Waals surface area contributed by atoms with Crippen molar-refractivity contribution in [1.82, 2.24) is 104 Å². The Morgan fingerprint density at radius 2 is 0.842 bits per heavy atom. The Labute approximate surface area is 813 Å². The third kappa shape index (κ3) is 39.2. The second kappa shape index (κ2) is 60.5. The summed E-state index contributed by atoms with van der Waals surface area (Å²) in [6.07, 6.45) is 23.6. The molecule has 704 valence electrons. The molecule has 0 aliphatic carbocycles. The fourth-order valence-corrected chi connectivity index (χ4v) is 12.4. The number of nitrogens with zero attached hydrogens (tertiary/aromatic N) is 24. The number of hydrogen-bond acceptors (Lipinski definition) is 32. The van der Waals surface area contributed by atoms with Crippen LogP contribution in [0.2, 0.25) is 26.3 Å². The van der Waals surface area contributed by atoms with Crippen molar-refractivity contribution in [2.45, 2.75) is 104 Å². The maximum atomic E-state index is 13.2. The van der Waals surface area contributed by atoms with Crippen molar-refractivity contribution in [2.75, 3.05) is 95.0 Å². The Morgan fingerprint density at radius 1 is 0.474 bits per heavy atom. The summed E-state index contributed by atoms with van der Waals surface area (Å²) in [6.45, 7) is 17.3. The second-order valence-corrected chi connectivity index (χ2v) is 29.0. The van der Waals surface area contributed by atoms with Crippen molar-refractivity contribution < 1.29 is 80.3 Å². The number of nitro groups is 2.